The van der Waals surface area contributed by atoms with Gasteiger partial charge in [0.15, 0.2) is 9.84 Å². The second-order valence-corrected chi connectivity index (χ2v) is 8.10. The fourth-order valence-corrected chi connectivity index (χ4v) is 5.10. The molecule has 0 amide bonds. The van der Waals surface area contributed by atoms with E-state index >= 15 is 0 Å². The van der Waals surface area contributed by atoms with Crippen molar-refractivity contribution in [2.75, 3.05) is 24.6 Å². The maximum Gasteiger partial charge on any atom is 0.152 e. The Kier molecular flexibility index (Phi) is 3.54. The van der Waals surface area contributed by atoms with E-state index in [-0.39, 0.29) is 11.1 Å². The van der Waals surface area contributed by atoms with Gasteiger partial charge in [-0.25, -0.2) is 8.42 Å². The third-order valence-electron chi connectivity index (χ3n) is 4.37. The molecule has 2 rings (SSSR count). The maximum atomic E-state index is 11.5. The van der Waals surface area contributed by atoms with Crippen molar-refractivity contribution in [2.24, 2.45) is 0 Å². The number of sulfone groups is 1. The summed E-state index contributed by atoms with van der Waals surface area (Å²) in [5.41, 5.74) is -0.0271. The average Bonchev–Trinajstić information content (AvgIpc) is 2.83. The summed E-state index contributed by atoms with van der Waals surface area (Å²) in [4.78, 5) is 0. The van der Waals surface area contributed by atoms with Gasteiger partial charge in [0.1, 0.15) is 0 Å². The molecule has 17 heavy (non-hydrogen) atoms. The first-order valence-corrected chi connectivity index (χ1v) is 8.41. The molecule has 0 aromatic rings. The highest BCUT2D eigenvalue weighted by molar-refractivity contribution is 7.91. The van der Waals surface area contributed by atoms with E-state index in [0.29, 0.717) is 11.5 Å². The Bertz CT molecular complexity index is 374. The summed E-state index contributed by atoms with van der Waals surface area (Å²) < 4.78 is 23.1. The van der Waals surface area contributed by atoms with Crippen LogP contribution in [0.2, 0.25) is 0 Å². The molecule has 0 bridgehead atoms. The molecular formula is C12H24N2O2S. The van der Waals surface area contributed by atoms with Gasteiger partial charge >= 0.3 is 0 Å². The number of hydrogen-bond donors (Lipinski definition) is 2. The summed E-state index contributed by atoms with van der Waals surface area (Å²) in [5, 5.41) is 7.08. The van der Waals surface area contributed by atoms with Crippen molar-refractivity contribution in [3.05, 3.63) is 0 Å². The van der Waals surface area contributed by atoms with Gasteiger partial charge in [-0.15, -0.1) is 0 Å². The third kappa shape index (κ3) is 3.01. The second-order valence-electron chi connectivity index (χ2n) is 5.92. The molecule has 2 heterocycles. The molecule has 2 unspecified atom stereocenters. The predicted molar refractivity (Wildman–Crippen MR) is 69.9 cm³/mol. The van der Waals surface area contributed by atoms with Crippen molar-refractivity contribution >= 4 is 9.84 Å². The molecule has 0 aliphatic carbocycles. The van der Waals surface area contributed by atoms with Crippen LogP contribution in [-0.4, -0.2) is 44.1 Å². The van der Waals surface area contributed by atoms with E-state index in [1.807, 2.05) is 6.92 Å². The van der Waals surface area contributed by atoms with E-state index in [1.165, 1.54) is 12.8 Å². The monoisotopic (exact) mass is 260 g/mol. The molecule has 0 aromatic carbocycles. The molecule has 100 valence electrons. The van der Waals surface area contributed by atoms with Crippen LogP contribution >= 0.6 is 0 Å². The summed E-state index contributed by atoms with van der Waals surface area (Å²) in [6, 6.07) is 0. The lowest BCUT2D eigenvalue weighted by molar-refractivity contribution is 0.287. The number of rotatable bonds is 4. The van der Waals surface area contributed by atoms with Gasteiger partial charge in [-0.05, 0) is 39.2 Å². The number of hydrogen-bond acceptors (Lipinski definition) is 4. The van der Waals surface area contributed by atoms with E-state index in [1.54, 1.807) is 0 Å². The van der Waals surface area contributed by atoms with Gasteiger partial charge in [-0.1, -0.05) is 6.92 Å². The quantitative estimate of drug-likeness (QED) is 0.781. The highest BCUT2D eigenvalue weighted by Gasteiger charge is 2.40. The summed E-state index contributed by atoms with van der Waals surface area (Å²) >= 11 is 0. The van der Waals surface area contributed by atoms with E-state index in [9.17, 15) is 8.42 Å². The Morgan fingerprint density at radius 2 is 2.12 bits per heavy atom. The van der Waals surface area contributed by atoms with E-state index < -0.39 is 9.84 Å². The minimum Gasteiger partial charge on any atom is -0.310 e. The molecule has 0 saturated carbocycles. The smallest absolute Gasteiger partial charge is 0.152 e. The summed E-state index contributed by atoms with van der Waals surface area (Å²) in [6.07, 6.45) is 4.27. The number of nitrogens with one attached hydrogen (secondary N) is 2. The average molecular weight is 260 g/mol. The highest BCUT2D eigenvalue weighted by atomic mass is 32.2. The predicted octanol–water partition coefficient (Wildman–Crippen LogP) is 0.685. The molecule has 0 aromatic heterocycles. The molecule has 2 N–H and O–H groups in total. The zero-order valence-electron chi connectivity index (χ0n) is 10.9. The molecule has 0 radical (unpaired) electrons. The molecule has 5 heteroatoms. The van der Waals surface area contributed by atoms with Crippen LogP contribution in [0.15, 0.2) is 0 Å². The second kappa shape index (κ2) is 4.52. The van der Waals surface area contributed by atoms with Crippen LogP contribution in [0.3, 0.4) is 0 Å². The minimum absolute atomic E-state index is 0.190. The van der Waals surface area contributed by atoms with E-state index in [2.05, 4.69) is 17.6 Å². The first-order valence-electron chi connectivity index (χ1n) is 6.59. The SMILES string of the molecule is CCC1(CNC2(C)CCS(=O)(=O)C2)CCCN1. The molecule has 4 nitrogen and oxygen atoms in total. The van der Waals surface area contributed by atoms with E-state index in [4.69, 9.17) is 0 Å². The normalized spacial score (nSPS) is 40.8. The Morgan fingerprint density at radius 3 is 2.59 bits per heavy atom. The van der Waals surface area contributed by atoms with Gasteiger partial charge in [0.05, 0.1) is 11.5 Å². The molecule has 2 atom stereocenters. The van der Waals surface area contributed by atoms with Crippen molar-refractivity contribution in [1.82, 2.24) is 10.6 Å². The van der Waals surface area contributed by atoms with Crippen LogP contribution in [0.5, 0.6) is 0 Å². The first-order chi connectivity index (χ1) is 7.89. The van der Waals surface area contributed by atoms with Crippen LogP contribution in [-0.2, 0) is 9.84 Å². The fraction of sp³-hybridized carbons (Fsp3) is 1.00. The van der Waals surface area contributed by atoms with Crippen LogP contribution in [0, 0.1) is 0 Å². The van der Waals surface area contributed by atoms with Crippen LogP contribution < -0.4 is 10.6 Å². The van der Waals surface area contributed by atoms with Crippen LogP contribution in [0.25, 0.3) is 0 Å². The maximum absolute atomic E-state index is 11.5. The fourth-order valence-electron chi connectivity index (χ4n) is 2.98. The van der Waals surface area contributed by atoms with Gasteiger partial charge in [-0.2, -0.15) is 0 Å². The molecule has 0 spiro atoms. The lowest BCUT2D eigenvalue weighted by Crippen LogP contribution is -2.54. The molecule has 2 aliphatic heterocycles. The Morgan fingerprint density at radius 1 is 1.35 bits per heavy atom. The topological polar surface area (TPSA) is 58.2 Å². The van der Waals surface area contributed by atoms with Crippen molar-refractivity contribution in [1.29, 1.82) is 0 Å². The van der Waals surface area contributed by atoms with Gasteiger partial charge in [0, 0.05) is 17.6 Å². The largest absolute Gasteiger partial charge is 0.310 e. The standard InChI is InChI=1S/C12H24N2O2S/c1-3-12(5-4-7-13-12)9-14-11(2)6-8-17(15,16)10-11/h13-14H,3-10H2,1-2H3. The van der Waals surface area contributed by atoms with Gasteiger partial charge in [-0.3, -0.25) is 0 Å². The van der Waals surface area contributed by atoms with Crippen molar-refractivity contribution in [2.45, 2.75) is 50.6 Å². The minimum atomic E-state index is -2.81. The van der Waals surface area contributed by atoms with Crippen LogP contribution in [0.4, 0.5) is 0 Å². The molecular weight excluding hydrogens is 236 g/mol. The molecule has 2 fully saturated rings. The van der Waals surface area contributed by atoms with Gasteiger partial charge in [0.2, 0.25) is 0 Å². The first kappa shape index (κ1) is 13.3. The zero-order chi connectivity index (χ0) is 12.6. The highest BCUT2D eigenvalue weighted by Crippen LogP contribution is 2.26. The van der Waals surface area contributed by atoms with E-state index in [0.717, 1.165) is 25.9 Å². The molecule has 2 aliphatic rings. The lowest BCUT2D eigenvalue weighted by Gasteiger charge is -2.34. The summed E-state index contributed by atoms with van der Waals surface area (Å²) in [5.74, 6) is 0.628. The molecule has 2 saturated heterocycles. The Balaban J connectivity index is 1.94. The lowest BCUT2D eigenvalue weighted by atomic mass is 9.92. The van der Waals surface area contributed by atoms with Crippen molar-refractivity contribution < 1.29 is 8.42 Å². The van der Waals surface area contributed by atoms with Gasteiger partial charge in [0.25, 0.3) is 0 Å². The van der Waals surface area contributed by atoms with Crippen molar-refractivity contribution in [3.63, 3.8) is 0 Å². The van der Waals surface area contributed by atoms with Crippen molar-refractivity contribution in [3.8, 4) is 0 Å². The third-order valence-corrected chi connectivity index (χ3v) is 6.27. The van der Waals surface area contributed by atoms with Gasteiger partial charge < -0.3 is 10.6 Å². The summed E-state index contributed by atoms with van der Waals surface area (Å²) in [7, 11) is -2.81. The summed E-state index contributed by atoms with van der Waals surface area (Å²) in [6.45, 7) is 6.21. The Hall–Kier alpha value is -0.130. The van der Waals surface area contributed by atoms with Crippen LogP contribution in [0.1, 0.15) is 39.5 Å². The Labute approximate surface area is 104 Å². The zero-order valence-corrected chi connectivity index (χ0v) is 11.7.